The second-order valence-corrected chi connectivity index (χ2v) is 13.2. The fourth-order valence-corrected chi connectivity index (χ4v) is 7.24. The maximum atomic E-state index is 11.0. The van der Waals surface area contributed by atoms with Crippen LogP contribution in [0.15, 0.2) is 101 Å². The fraction of sp³-hybridized carbons (Fsp3) is 0.212. The zero-order valence-electron chi connectivity index (χ0n) is 24.1. The first-order valence-corrected chi connectivity index (χ1v) is 15.4. The molecule has 0 unspecified atom stereocenters. The predicted molar refractivity (Wildman–Crippen MR) is 179 cm³/mol. The third kappa shape index (κ3) is 5.48. The Balaban J connectivity index is 1.39. The summed E-state index contributed by atoms with van der Waals surface area (Å²) in [7, 11) is 2.10. The number of aromatic nitrogens is 1. The normalized spacial score (nSPS) is 19.1. The number of rotatable bonds is 6. The van der Waals surface area contributed by atoms with E-state index in [1.807, 2.05) is 42.5 Å². The Morgan fingerprint density at radius 3 is 2.35 bits per heavy atom. The Hall–Kier alpha value is -3.92. The van der Waals surface area contributed by atoms with Crippen LogP contribution in [0.1, 0.15) is 49.7 Å². The smallest absolute Gasteiger partial charge is 0.269 e. The minimum Gasteiger partial charge on any atom is -0.365 e. The van der Waals surface area contributed by atoms with Crippen LogP contribution in [-0.4, -0.2) is 27.6 Å². The first-order chi connectivity index (χ1) is 20.5. The lowest BCUT2D eigenvalue weighted by molar-refractivity contribution is -0.384. The molecule has 0 bridgehead atoms. The van der Waals surface area contributed by atoms with Gasteiger partial charge in [0.15, 0.2) is 5.11 Å². The minimum absolute atomic E-state index is 0.0742. The number of allylic oxidation sites excluding steroid dienone is 1. The number of thiocarbonyl (C=S) groups is 1. The van der Waals surface area contributed by atoms with E-state index in [4.69, 9.17) is 23.8 Å². The van der Waals surface area contributed by atoms with Gasteiger partial charge in [0, 0.05) is 57.1 Å². The fourth-order valence-electron chi connectivity index (χ4n) is 5.81. The average molecular weight is 628 g/mol. The Bertz CT molecular complexity index is 1740. The Morgan fingerprint density at radius 2 is 1.72 bits per heavy atom. The van der Waals surface area contributed by atoms with Crippen molar-refractivity contribution >= 4 is 63.3 Å². The van der Waals surface area contributed by atoms with Crippen molar-refractivity contribution < 1.29 is 4.92 Å². The van der Waals surface area contributed by atoms with E-state index in [2.05, 4.69) is 66.1 Å². The van der Waals surface area contributed by atoms with Gasteiger partial charge in [0.05, 0.1) is 28.2 Å². The number of likely N-dealkylation sites (N-methyl/N-ethyl adjacent to an activating group) is 1. The molecule has 1 saturated heterocycles. The molecule has 3 heterocycles. The van der Waals surface area contributed by atoms with Gasteiger partial charge in [0.25, 0.3) is 5.69 Å². The van der Waals surface area contributed by atoms with E-state index in [9.17, 15) is 10.1 Å². The highest BCUT2D eigenvalue weighted by molar-refractivity contribution is 7.99. The van der Waals surface area contributed by atoms with Gasteiger partial charge in [0.1, 0.15) is 0 Å². The first-order valence-electron chi connectivity index (χ1n) is 13.8. The third-order valence-electron chi connectivity index (χ3n) is 8.15. The molecule has 0 aliphatic carbocycles. The van der Waals surface area contributed by atoms with Gasteiger partial charge in [0.2, 0.25) is 0 Å². The molecule has 7 nitrogen and oxygen atoms in total. The lowest BCUT2D eigenvalue weighted by Gasteiger charge is -2.41. The van der Waals surface area contributed by atoms with Crippen LogP contribution < -0.4 is 15.1 Å². The Kier molecular flexibility index (Phi) is 7.66. The van der Waals surface area contributed by atoms with Crippen molar-refractivity contribution in [2.45, 2.75) is 48.2 Å². The molecule has 2 aliphatic rings. The SMILES string of the molecule is CC1=CC(C)(C)N(C)c2cc(Cl)c([C@@H]3[C@@H](c4ccccn4)NC(=S)N3c3ccc(Sc4ccc([N+](=O)[O-])cc4)cc3)cc21. The summed E-state index contributed by atoms with van der Waals surface area (Å²) in [4.78, 5) is 21.6. The lowest BCUT2D eigenvalue weighted by atomic mass is 9.86. The third-order valence-corrected chi connectivity index (χ3v) is 9.81. The second kappa shape index (κ2) is 11.3. The Morgan fingerprint density at radius 1 is 1.05 bits per heavy atom. The van der Waals surface area contributed by atoms with E-state index in [0.717, 1.165) is 38.0 Å². The van der Waals surface area contributed by atoms with Crippen LogP contribution in [0.3, 0.4) is 0 Å². The van der Waals surface area contributed by atoms with E-state index in [-0.39, 0.29) is 23.3 Å². The highest BCUT2D eigenvalue weighted by Gasteiger charge is 2.42. The number of halogens is 1. The van der Waals surface area contributed by atoms with E-state index >= 15 is 0 Å². The van der Waals surface area contributed by atoms with Crippen LogP contribution in [0.5, 0.6) is 0 Å². The molecule has 2 atom stereocenters. The summed E-state index contributed by atoms with van der Waals surface area (Å²) in [5.41, 5.74) is 6.16. The number of pyridine rings is 1. The Labute approximate surface area is 265 Å². The largest absolute Gasteiger partial charge is 0.365 e. The van der Waals surface area contributed by atoms with Crippen molar-refractivity contribution in [1.82, 2.24) is 10.3 Å². The standard InChI is InChI=1S/C33H30ClN5O2S2/c1-20-19-33(2,3)37(4)29-18-27(34)26(17-25(20)29)31-30(28-7-5-6-16-35-28)36-32(42)38(31)21-8-12-23(13-9-21)43-24-14-10-22(11-15-24)39(40)41/h5-19,30-31H,1-4H3,(H,36,42)/t30-,31-/m1/s1. The highest BCUT2D eigenvalue weighted by atomic mass is 35.5. The molecule has 0 spiro atoms. The summed E-state index contributed by atoms with van der Waals surface area (Å²) >= 11 is 14.6. The molecule has 0 radical (unpaired) electrons. The molecule has 1 fully saturated rings. The zero-order valence-corrected chi connectivity index (χ0v) is 26.5. The van der Waals surface area contributed by atoms with Gasteiger partial charge < -0.3 is 15.1 Å². The molecular formula is C33H30ClN5O2S2. The predicted octanol–water partition coefficient (Wildman–Crippen LogP) is 8.60. The number of benzene rings is 3. The van der Waals surface area contributed by atoms with Crippen molar-refractivity contribution in [3.63, 3.8) is 0 Å². The molecule has 2 aliphatic heterocycles. The number of nitrogens with zero attached hydrogens (tertiary/aromatic N) is 4. The van der Waals surface area contributed by atoms with E-state index in [1.54, 1.807) is 30.1 Å². The monoisotopic (exact) mass is 627 g/mol. The van der Waals surface area contributed by atoms with Crippen LogP contribution in [0, 0.1) is 10.1 Å². The number of hydrogen-bond acceptors (Lipinski definition) is 6. The topological polar surface area (TPSA) is 74.5 Å². The molecule has 10 heteroatoms. The van der Waals surface area contributed by atoms with E-state index in [0.29, 0.717) is 10.1 Å². The van der Waals surface area contributed by atoms with Crippen LogP contribution in [0.25, 0.3) is 5.57 Å². The number of nitrogens with one attached hydrogen (secondary N) is 1. The molecule has 3 aromatic carbocycles. The molecule has 4 aromatic rings. The highest BCUT2D eigenvalue weighted by Crippen LogP contribution is 2.48. The van der Waals surface area contributed by atoms with Crippen molar-refractivity contribution in [2.24, 2.45) is 0 Å². The van der Waals surface area contributed by atoms with Crippen molar-refractivity contribution in [1.29, 1.82) is 0 Å². The summed E-state index contributed by atoms with van der Waals surface area (Å²) in [5.74, 6) is 0. The lowest BCUT2D eigenvalue weighted by Crippen LogP contribution is -2.42. The number of fused-ring (bicyclic) bond motifs is 1. The van der Waals surface area contributed by atoms with Crippen LogP contribution >= 0.6 is 35.6 Å². The maximum Gasteiger partial charge on any atom is 0.269 e. The summed E-state index contributed by atoms with van der Waals surface area (Å²) in [6, 6.07) is 24.4. The van der Waals surface area contributed by atoms with Crippen molar-refractivity contribution in [3.8, 4) is 0 Å². The second-order valence-electron chi connectivity index (χ2n) is 11.3. The first kappa shape index (κ1) is 29.2. The molecule has 1 N–H and O–H groups in total. The van der Waals surface area contributed by atoms with Gasteiger partial charge in [-0.15, -0.1) is 0 Å². The van der Waals surface area contributed by atoms with Crippen molar-refractivity contribution in [3.05, 3.63) is 123 Å². The van der Waals surface area contributed by atoms with Gasteiger partial charge in [-0.25, -0.2) is 0 Å². The number of nitro benzene ring substituents is 1. The molecule has 43 heavy (non-hydrogen) atoms. The zero-order chi connectivity index (χ0) is 30.5. The van der Waals surface area contributed by atoms with E-state index in [1.165, 1.54) is 17.7 Å². The molecule has 0 amide bonds. The van der Waals surface area contributed by atoms with Gasteiger partial charge in [-0.2, -0.15) is 0 Å². The summed E-state index contributed by atoms with van der Waals surface area (Å²) in [6.07, 6.45) is 4.09. The minimum atomic E-state index is -0.393. The summed E-state index contributed by atoms with van der Waals surface area (Å²) in [6.45, 7) is 6.55. The summed E-state index contributed by atoms with van der Waals surface area (Å²) in [5, 5.41) is 15.8. The molecular weight excluding hydrogens is 598 g/mol. The molecule has 1 aromatic heterocycles. The van der Waals surface area contributed by atoms with Crippen LogP contribution in [-0.2, 0) is 0 Å². The number of non-ortho nitro benzene ring substituents is 1. The van der Waals surface area contributed by atoms with E-state index < -0.39 is 4.92 Å². The van der Waals surface area contributed by atoms with Gasteiger partial charge in [-0.3, -0.25) is 15.1 Å². The number of anilines is 2. The quantitative estimate of drug-likeness (QED) is 0.129. The van der Waals surface area contributed by atoms with Crippen molar-refractivity contribution in [2.75, 3.05) is 16.8 Å². The number of nitro groups is 1. The molecule has 6 rings (SSSR count). The molecule has 218 valence electrons. The van der Waals surface area contributed by atoms with Gasteiger partial charge in [-0.1, -0.05) is 35.5 Å². The van der Waals surface area contributed by atoms with Crippen LogP contribution in [0.4, 0.5) is 17.1 Å². The van der Waals surface area contributed by atoms with Gasteiger partial charge in [-0.05, 0) is 105 Å². The summed E-state index contributed by atoms with van der Waals surface area (Å²) < 4.78 is 0. The molecule has 0 saturated carbocycles. The average Bonchev–Trinajstić information content (AvgIpc) is 3.33. The van der Waals surface area contributed by atoms with Gasteiger partial charge >= 0.3 is 0 Å². The number of hydrogen-bond donors (Lipinski definition) is 1. The maximum absolute atomic E-state index is 11.0. The van der Waals surface area contributed by atoms with Crippen LogP contribution in [0.2, 0.25) is 5.02 Å².